The van der Waals surface area contributed by atoms with Crippen LogP contribution in [0.5, 0.6) is 0 Å². The Hall–Kier alpha value is -2.71. The molecule has 3 aromatic heterocycles. The molecule has 0 spiro atoms. The first-order valence-electron chi connectivity index (χ1n) is 8.85. The number of rotatable bonds is 4. The summed E-state index contributed by atoms with van der Waals surface area (Å²) >= 11 is 1.39. The van der Waals surface area contributed by atoms with E-state index in [4.69, 9.17) is 4.74 Å². The van der Waals surface area contributed by atoms with E-state index in [9.17, 15) is 4.79 Å². The summed E-state index contributed by atoms with van der Waals surface area (Å²) in [5, 5.41) is 5.30. The van der Waals surface area contributed by atoms with Crippen molar-refractivity contribution in [2.24, 2.45) is 0 Å². The lowest BCUT2D eigenvalue weighted by Crippen LogP contribution is -2.45. The van der Waals surface area contributed by atoms with E-state index in [0.29, 0.717) is 10.7 Å². The van der Waals surface area contributed by atoms with E-state index in [2.05, 4.69) is 39.0 Å². The third kappa shape index (κ3) is 4.01. The predicted octanol–water partition coefficient (Wildman–Crippen LogP) is 3.40. The minimum atomic E-state index is -0.217. The van der Waals surface area contributed by atoms with Gasteiger partial charge in [-0.2, -0.15) is 0 Å². The topological polar surface area (TPSA) is 83.1 Å². The standard InChI is InChI=1S/C19H21N5O2S/c1-12-9-24(10-13(2)26-12)17-6-5-14(8-21-17)18(25)23-19-22-16(11-27-19)15-4-3-7-20-15/h3-8,11-13,20H,9-10H2,1-2H3,(H,22,23,25). The van der Waals surface area contributed by atoms with Crippen molar-refractivity contribution >= 4 is 28.2 Å². The van der Waals surface area contributed by atoms with Gasteiger partial charge in [0, 0.05) is 30.9 Å². The number of carbonyl (C=O) groups is 1. The van der Waals surface area contributed by atoms with Crippen molar-refractivity contribution in [1.29, 1.82) is 0 Å². The molecule has 27 heavy (non-hydrogen) atoms. The first-order valence-corrected chi connectivity index (χ1v) is 9.73. The number of H-pyrrole nitrogens is 1. The zero-order chi connectivity index (χ0) is 18.8. The molecule has 0 bridgehead atoms. The molecule has 3 aromatic rings. The second-order valence-corrected chi connectivity index (χ2v) is 7.50. The van der Waals surface area contributed by atoms with Crippen molar-refractivity contribution < 1.29 is 9.53 Å². The van der Waals surface area contributed by atoms with Crippen LogP contribution in [0.1, 0.15) is 24.2 Å². The van der Waals surface area contributed by atoms with Crippen LogP contribution in [-0.2, 0) is 4.74 Å². The predicted molar refractivity (Wildman–Crippen MR) is 106 cm³/mol. The van der Waals surface area contributed by atoms with Crippen molar-refractivity contribution in [2.45, 2.75) is 26.1 Å². The number of carbonyl (C=O) groups excluding carboxylic acids is 1. The van der Waals surface area contributed by atoms with E-state index in [-0.39, 0.29) is 18.1 Å². The maximum atomic E-state index is 12.5. The highest BCUT2D eigenvalue weighted by Gasteiger charge is 2.23. The van der Waals surface area contributed by atoms with Gasteiger partial charge in [0.1, 0.15) is 5.82 Å². The third-order valence-electron chi connectivity index (χ3n) is 4.35. The molecule has 8 heteroatoms. The second kappa shape index (κ2) is 7.50. The number of aromatic amines is 1. The van der Waals surface area contributed by atoms with Crippen molar-refractivity contribution in [2.75, 3.05) is 23.3 Å². The number of nitrogens with one attached hydrogen (secondary N) is 2. The van der Waals surface area contributed by atoms with Gasteiger partial charge < -0.3 is 14.6 Å². The van der Waals surface area contributed by atoms with Gasteiger partial charge in [-0.25, -0.2) is 9.97 Å². The first-order chi connectivity index (χ1) is 13.1. The Morgan fingerprint density at radius 2 is 2.11 bits per heavy atom. The molecule has 1 fully saturated rings. The summed E-state index contributed by atoms with van der Waals surface area (Å²) in [4.78, 5) is 26.7. The van der Waals surface area contributed by atoms with E-state index >= 15 is 0 Å². The number of nitrogens with zero attached hydrogens (tertiary/aromatic N) is 3. The summed E-state index contributed by atoms with van der Waals surface area (Å²) in [7, 11) is 0. The highest BCUT2D eigenvalue weighted by atomic mass is 32.1. The van der Waals surface area contributed by atoms with Gasteiger partial charge in [0.15, 0.2) is 5.13 Å². The molecule has 4 rings (SSSR count). The molecule has 0 saturated carbocycles. The fourth-order valence-electron chi connectivity index (χ4n) is 3.19. The van der Waals surface area contributed by atoms with Crippen LogP contribution < -0.4 is 10.2 Å². The van der Waals surface area contributed by atoms with Gasteiger partial charge in [-0.3, -0.25) is 10.1 Å². The number of anilines is 2. The molecule has 140 valence electrons. The summed E-state index contributed by atoms with van der Waals surface area (Å²) in [5.41, 5.74) is 2.24. The van der Waals surface area contributed by atoms with Crippen molar-refractivity contribution in [3.8, 4) is 11.4 Å². The minimum Gasteiger partial charge on any atom is -0.372 e. The highest BCUT2D eigenvalue weighted by Crippen LogP contribution is 2.24. The number of morpholine rings is 1. The van der Waals surface area contributed by atoms with Crippen LogP contribution in [0.3, 0.4) is 0 Å². The van der Waals surface area contributed by atoms with Gasteiger partial charge in [-0.15, -0.1) is 11.3 Å². The second-order valence-electron chi connectivity index (χ2n) is 6.64. The number of pyridine rings is 1. The van der Waals surface area contributed by atoms with E-state index in [1.165, 1.54) is 11.3 Å². The van der Waals surface area contributed by atoms with Gasteiger partial charge in [0.25, 0.3) is 5.91 Å². The van der Waals surface area contributed by atoms with Gasteiger partial charge in [0.05, 0.1) is 29.2 Å². The van der Waals surface area contributed by atoms with Crippen molar-refractivity contribution in [3.63, 3.8) is 0 Å². The maximum absolute atomic E-state index is 12.5. The van der Waals surface area contributed by atoms with Crippen LogP contribution in [-0.4, -0.2) is 46.2 Å². The molecular weight excluding hydrogens is 362 g/mol. The highest BCUT2D eigenvalue weighted by molar-refractivity contribution is 7.14. The lowest BCUT2D eigenvalue weighted by Gasteiger charge is -2.36. The molecule has 1 saturated heterocycles. The van der Waals surface area contributed by atoms with E-state index in [1.807, 2.05) is 29.8 Å². The Kier molecular flexibility index (Phi) is 4.91. The Morgan fingerprint density at radius 3 is 2.78 bits per heavy atom. The normalized spacial score (nSPS) is 19.9. The molecule has 0 radical (unpaired) electrons. The first kappa shape index (κ1) is 17.7. The maximum Gasteiger partial charge on any atom is 0.259 e. The molecule has 2 atom stereocenters. The van der Waals surface area contributed by atoms with Crippen LogP contribution in [0.2, 0.25) is 0 Å². The molecule has 0 aromatic carbocycles. The summed E-state index contributed by atoms with van der Waals surface area (Å²) in [6.07, 6.45) is 3.78. The smallest absolute Gasteiger partial charge is 0.259 e. The lowest BCUT2D eigenvalue weighted by atomic mass is 10.2. The van der Waals surface area contributed by atoms with E-state index < -0.39 is 0 Å². The summed E-state index contributed by atoms with van der Waals surface area (Å²) in [6.45, 7) is 5.70. The number of amides is 1. The molecule has 1 aliphatic heterocycles. The Morgan fingerprint density at radius 1 is 1.30 bits per heavy atom. The minimum absolute atomic E-state index is 0.164. The summed E-state index contributed by atoms with van der Waals surface area (Å²) in [5.74, 6) is 0.641. The van der Waals surface area contributed by atoms with Crippen LogP contribution >= 0.6 is 11.3 Å². The van der Waals surface area contributed by atoms with Crippen LogP contribution in [0.15, 0.2) is 42.0 Å². The van der Waals surface area contributed by atoms with Crippen LogP contribution in [0, 0.1) is 0 Å². The monoisotopic (exact) mass is 383 g/mol. The molecule has 1 aliphatic rings. The number of aromatic nitrogens is 3. The third-order valence-corrected chi connectivity index (χ3v) is 5.11. The molecule has 2 unspecified atom stereocenters. The molecule has 2 N–H and O–H groups in total. The van der Waals surface area contributed by atoms with Gasteiger partial charge in [-0.1, -0.05) is 0 Å². The molecule has 4 heterocycles. The van der Waals surface area contributed by atoms with Gasteiger partial charge in [0.2, 0.25) is 0 Å². The quantitative estimate of drug-likeness (QED) is 0.721. The zero-order valence-corrected chi connectivity index (χ0v) is 16.0. The van der Waals surface area contributed by atoms with Crippen molar-refractivity contribution in [1.82, 2.24) is 15.0 Å². The zero-order valence-electron chi connectivity index (χ0n) is 15.2. The largest absolute Gasteiger partial charge is 0.372 e. The van der Waals surface area contributed by atoms with Crippen LogP contribution in [0.25, 0.3) is 11.4 Å². The van der Waals surface area contributed by atoms with Gasteiger partial charge in [-0.05, 0) is 38.1 Å². The number of hydrogen-bond donors (Lipinski definition) is 2. The average molecular weight is 383 g/mol. The van der Waals surface area contributed by atoms with E-state index in [0.717, 1.165) is 30.3 Å². The fourth-order valence-corrected chi connectivity index (χ4v) is 3.89. The number of hydrogen-bond acceptors (Lipinski definition) is 6. The Bertz CT molecular complexity index is 897. The summed E-state index contributed by atoms with van der Waals surface area (Å²) < 4.78 is 5.75. The average Bonchev–Trinajstić information content (AvgIpc) is 3.32. The van der Waals surface area contributed by atoms with Gasteiger partial charge >= 0.3 is 0 Å². The van der Waals surface area contributed by atoms with Crippen LogP contribution in [0.4, 0.5) is 10.9 Å². The molecule has 1 amide bonds. The fraction of sp³-hybridized carbons (Fsp3) is 0.316. The SMILES string of the molecule is CC1CN(c2ccc(C(=O)Nc3nc(-c4ccc[nH]4)cs3)cn2)CC(C)O1. The summed E-state index contributed by atoms with van der Waals surface area (Å²) in [6, 6.07) is 7.53. The molecule has 7 nitrogen and oxygen atoms in total. The molecular formula is C19H21N5O2S. The van der Waals surface area contributed by atoms with E-state index in [1.54, 1.807) is 12.3 Å². The Balaban J connectivity index is 1.42. The number of ether oxygens (including phenoxy) is 1. The lowest BCUT2D eigenvalue weighted by molar-refractivity contribution is -0.00546. The molecule has 0 aliphatic carbocycles. The Labute approximate surface area is 161 Å². The van der Waals surface area contributed by atoms with Crippen molar-refractivity contribution in [3.05, 3.63) is 47.6 Å². The number of thiazole rings is 1.